The fourth-order valence-corrected chi connectivity index (χ4v) is 3.73. The summed E-state index contributed by atoms with van der Waals surface area (Å²) in [5.41, 5.74) is 1.66. The van der Waals surface area contributed by atoms with Crippen LogP contribution in [0.25, 0.3) is 11.2 Å². The number of fused-ring (bicyclic) bond motifs is 1. The predicted molar refractivity (Wildman–Crippen MR) is 108 cm³/mol. The van der Waals surface area contributed by atoms with E-state index >= 15 is 0 Å². The van der Waals surface area contributed by atoms with Gasteiger partial charge in [-0.1, -0.05) is 30.3 Å². The van der Waals surface area contributed by atoms with Crippen LogP contribution in [0, 0.1) is 0 Å². The first-order chi connectivity index (χ1) is 14.4. The van der Waals surface area contributed by atoms with Crippen LogP contribution in [0.1, 0.15) is 24.8 Å². The number of ether oxygens (including phenoxy) is 1. The highest BCUT2D eigenvalue weighted by atomic mass is 16.6. The number of aliphatic hydroxyl groups is 4. The third-order valence-corrected chi connectivity index (χ3v) is 5.67. The Balaban J connectivity index is 1.65. The fraction of sp³-hybridized carbons (Fsp3) is 0.450. The number of imidazole rings is 1. The summed E-state index contributed by atoms with van der Waals surface area (Å²) in [6.07, 6.45) is -2.22. The van der Waals surface area contributed by atoms with Crippen molar-refractivity contribution in [3.05, 3.63) is 48.5 Å². The summed E-state index contributed by atoms with van der Waals surface area (Å²) in [5.74, 6) is 0.507. The fourth-order valence-electron chi connectivity index (χ4n) is 3.73. The summed E-state index contributed by atoms with van der Waals surface area (Å²) in [4.78, 5) is 14.8. The highest BCUT2D eigenvalue weighted by Crippen LogP contribution is 2.33. The molecule has 1 aliphatic heterocycles. The summed E-state index contributed by atoms with van der Waals surface area (Å²) >= 11 is 0. The van der Waals surface area contributed by atoms with Crippen LogP contribution in [-0.4, -0.2) is 78.0 Å². The maximum absolute atomic E-state index is 10.8. The molecule has 4 N–H and O–H groups in total. The van der Waals surface area contributed by atoms with E-state index in [-0.39, 0.29) is 6.04 Å². The SMILES string of the molecule is C[C@H]([C@H](O)c1ccccc1)N(C)c1ncnc2c1ncn2[C@@H]1O[C@H](CO)C(O)[C@@H]1O. The van der Waals surface area contributed by atoms with E-state index in [9.17, 15) is 20.4 Å². The Morgan fingerprint density at radius 1 is 1.13 bits per heavy atom. The number of hydrogen-bond acceptors (Lipinski definition) is 9. The second-order valence-corrected chi connectivity index (χ2v) is 7.46. The zero-order valence-corrected chi connectivity index (χ0v) is 16.6. The van der Waals surface area contributed by atoms with Crippen molar-refractivity contribution in [3.63, 3.8) is 0 Å². The molecular formula is C20H25N5O5. The average Bonchev–Trinajstić information content (AvgIpc) is 3.33. The van der Waals surface area contributed by atoms with Crippen LogP contribution >= 0.6 is 0 Å². The van der Waals surface area contributed by atoms with Gasteiger partial charge in [-0.3, -0.25) is 4.57 Å². The zero-order valence-electron chi connectivity index (χ0n) is 16.6. The van der Waals surface area contributed by atoms with Crippen molar-refractivity contribution in [3.8, 4) is 0 Å². The molecule has 10 nitrogen and oxygen atoms in total. The predicted octanol–water partition coefficient (Wildman–Crippen LogP) is -0.00390. The molecule has 1 unspecified atom stereocenters. The van der Waals surface area contributed by atoms with Gasteiger partial charge in [-0.15, -0.1) is 0 Å². The van der Waals surface area contributed by atoms with Gasteiger partial charge in [0.15, 0.2) is 23.2 Å². The summed E-state index contributed by atoms with van der Waals surface area (Å²) < 4.78 is 7.10. The Morgan fingerprint density at radius 2 is 1.87 bits per heavy atom. The van der Waals surface area contributed by atoms with Crippen molar-refractivity contribution in [2.75, 3.05) is 18.6 Å². The largest absolute Gasteiger partial charge is 0.394 e. The minimum Gasteiger partial charge on any atom is -0.394 e. The quantitative estimate of drug-likeness (QED) is 0.438. The lowest BCUT2D eigenvalue weighted by Crippen LogP contribution is -2.35. The maximum Gasteiger partial charge on any atom is 0.167 e. The number of aromatic nitrogens is 4. The Morgan fingerprint density at radius 3 is 2.53 bits per heavy atom. The van der Waals surface area contributed by atoms with Gasteiger partial charge in [0.25, 0.3) is 0 Å². The van der Waals surface area contributed by atoms with Crippen LogP contribution in [0.2, 0.25) is 0 Å². The molecule has 0 spiro atoms. The standard InChI is InChI=1S/C20H25N5O5/c1-11(15(27)12-6-4-3-5-7-12)24(2)18-14-19(22-9-21-18)25(10-23-14)20-17(29)16(28)13(8-26)30-20/h3-7,9-11,13,15-17,20,26-29H,8H2,1-2H3/t11-,13-,15+,16?,17+,20-/m1/s1. The lowest BCUT2D eigenvalue weighted by atomic mass is 10.0. The molecule has 0 bridgehead atoms. The molecule has 1 saturated heterocycles. The van der Waals surface area contributed by atoms with Gasteiger partial charge in [-0.2, -0.15) is 0 Å². The molecule has 1 aromatic carbocycles. The van der Waals surface area contributed by atoms with Crippen LogP contribution in [-0.2, 0) is 4.74 Å². The first-order valence-corrected chi connectivity index (χ1v) is 9.69. The molecule has 2 aromatic heterocycles. The first kappa shape index (κ1) is 20.6. The summed E-state index contributed by atoms with van der Waals surface area (Å²) in [7, 11) is 1.81. The minimum atomic E-state index is -1.24. The van der Waals surface area contributed by atoms with E-state index in [4.69, 9.17) is 4.74 Å². The molecule has 0 radical (unpaired) electrons. The summed E-state index contributed by atoms with van der Waals surface area (Å²) in [6.45, 7) is 1.47. The average molecular weight is 415 g/mol. The van der Waals surface area contributed by atoms with E-state index in [1.165, 1.54) is 17.2 Å². The maximum atomic E-state index is 10.8. The second kappa shape index (κ2) is 8.25. The van der Waals surface area contributed by atoms with Crippen molar-refractivity contribution in [2.24, 2.45) is 0 Å². The Bertz CT molecular complexity index is 1000. The van der Waals surface area contributed by atoms with Crippen LogP contribution in [0.5, 0.6) is 0 Å². The first-order valence-electron chi connectivity index (χ1n) is 9.69. The summed E-state index contributed by atoms with van der Waals surface area (Å²) in [5, 5.41) is 40.5. The number of likely N-dealkylation sites (N-methyl/N-ethyl adjacent to an activating group) is 1. The molecule has 10 heteroatoms. The molecule has 0 aliphatic carbocycles. The molecule has 3 heterocycles. The lowest BCUT2D eigenvalue weighted by Gasteiger charge is -2.30. The van der Waals surface area contributed by atoms with Gasteiger partial charge in [0.2, 0.25) is 0 Å². The van der Waals surface area contributed by atoms with Crippen molar-refractivity contribution < 1.29 is 25.2 Å². The van der Waals surface area contributed by atoms with Gasteiger partial charge in [-0.05, 0) is 12.5 Å². The molecule has 1 fully saturated rings. The third kappa shape index (κ3) is 3.42. The number of benzene rings is 1. The van der Waals surface area contributed by atoms with E-state index in [0.29, 0.717) is 17.0 Å². The van der Waals surface area contributed by atoms with Crippen molar-refractivity contribution >= 4 is 17.0 Å². The lowest BCUT2D eigenvalue weighted by molar-refractivity contribution is -0.0511. The van der Waals surface area contributed by atoms with Gasteiger partial charge in [0.05, 0.1) is 25.1 Å². The van der Waals surface area contributed by atoms with Crippen LogP contribution in [0.15, 0.2) is 43.0 Å². The van der Waals surface area contributed by atoms with Gasteiger partial charge in [0.1, 0.15) is 24.6 Å². The number of rotatable bonds is 6. The monoisotopic (exact) mass is 415 g/mol. The highest BCUT2D eigenvalue weighted by Gasteiger charge is 2.44. The van der Waals surface area contributed by atoms with E-state index < -0.39 is 37.3 Å². The molecule has 3 aromatic rings. The Hall–Kier alpha value is -2.63. The molecule has 0 saturated carbocycles. The Kier molecular flexibility index (Phi) is 5.67. The van der Waals surface area contributed by atoms with Gasteiger partial charge in [-0.25, -0.2) is 15.0 Å². The van der Waals surface area contributed by atoms with Crippen LogP contribution < -0.4 is 4.90 Å². The van der Waals surface area contributed by atoms with E-state index in [1.54, 1.807) is 0 Å². The van der Waals surface area contributed by atoms with Crippen molar-refractivity contribution in [1.82, 2.24) is 19.5 Å². The Labute approximate surface area is 173 Å². The number of hydrogen-bond donors (Lipinski definition) is 4. The topological polar surface area (TPSA) is 137 Å². The normalized spacial score (nSPS) is 26.1. The van der Waals surface area contributed by atoms with Crippen LogP contribution in [0.3, 0.4) is 0 Å². The van der Waals surface area contributed by atoms with Gasteiger partial charge >= 0.3 is 0 Å². The van der Waals surface area contributed by atoms with E-state index in [1.807, 2.05) is 49.2 Å². The van der Waals surface area contributed by atoms with Gasteiger partial charge < -0.3 is 30.1 Å². The number of nitrogens with zero attached hydrogens (tertiary/aromatic N) is 5. The van der Waals surface area contributed by atoms with E-state index in [0.717, 1.165) is 5.56 Å². The van der Waals surface area contributed by atoms with Gasteiger partial charge in [0, 0.05) is 7.05 Å². The number of aliphatic hydroxyl groups excluding tert-OH is 4. The molecule has 160 valence electrons. The number of anilines is 1. The summed E-state index contributed by atoms with van der Waals surface area (Å²) in [6, 6.07) is 9.04. The van der Waals surface area contributed by atoms with Crippen molar-refractivity contribution in [1.29, 1.82) is 0 Å². The van der Waals surface area contributed by atoms with Crippen LogP contribution in [0.4, 0.5) is 5.82 Å². The smallest absolute Gasteiger partial charge is 0.167 e. The molecular weight excluding hydrogens is 390 g/mol. The molecule has 4 rings (SSSR count). The molecule has 30 heavy (non-hydrogen) atoms. The second-order valence-electron chi connectivity index (χ2n) is 7.46. The highest BCUT2D eigenvalue weighted by molar-refractivity contribution is 5.83. The minimum absolute atomic E-state index is 0.315. The molecule has 6 atom stereocenters. The molecule has 0 amide bonds. The van der Waals surface area contributed by atoms with Crippen molar-refractivity contribution in [2.45, 2.75) is 43.6 Å². The molecule has 1 aliphatic rings. The third-order valence-electron chi connectivity index (χ3n) is 5.67. The zero-order chi connectivity index (χ0) is 21.4. The van der Waals surface area contributed by atoms with E-state index in [2.05, 4.69) is 15.0 Å².